The molecule has 1 aromatic carbocycles. The normalized spacial score (nSPS) is 19.1. The summed E-state index contributed by atoms with van der Waals surface area (Å²) >= 11 is 0. The number of aryl methyl sites for hydroxylation is 1. The highest BCUT2D eigenvalue weighted by Gasteiger charge is 2.30. The average Bonchev–Trinajstić information content (AvgIpc) is 2.99. The standard InChI is InChI=1S/C15H17N3O/c1-12-16-7-8-17(12)11-18-10-14(9-15(18)19)13-5-3-2-4-6-13/h2-8,14H,9-11H2,1H3. The lowest BCUT2D eigenvalue weighted by Gasteiger charge is -2.18. The summed E-state index contributed by atoms with van der Waals surface area (Å²) in [6, 6.07) is 10.3. The van der Waals surface area contributed by atoms with Gasteiger partial charge >= 0.3 is 0 Å². The van der Waals surface area contributed by atoms with Crippen LogP contribution in [0.4, 0.5) is 0 Å². The number of amides is 1. The molecule has 2 heterocycles. The Labute approximate surface area is 112 Å². The van der Waals surface area contributed by atoms with Crippen LogP contribution in [-0.2, 0) is 11.5 Å². The number of aromatic nitrogens is 2. The fourth-order valence-corrected chi connectivity index (χ4v) is 2.59. The van der Waals surface area contributed by atoms with Crippen molar-refractivity contribution in [3.8, 4) is 0 Å². The van der Waals surface area contributed by atoms with Crippen molar-refractivity contribution in [3.05, 3.63) is 54.1 Å². The van der Waals surface area contributed by atoms with Crippen molar-refractivity contribution in [2.75, 3.05) is 6.54 Å². The zero-order chi connectivity index (χ0) is 13.2. The highest BCUT2D eigenvalue weighted by atomic mass is 16.2. The van der Waals surface area contributed by atoms with Crippen LogP contribution in [-0.4, -0.2) is 26.9 Å². The average molecular weight is 255 g/mol. The Hall–Kier alpha value is -2.10. The Morgan fingerprint density at radius 3 is 2.79 bits per heavy atom. The van der Waals surface area contributed by atoms with Gasteiger partial charge in [0, 0.05) is 31.3 Å². The number of hydrogen-bond acceptors (Lipinski definition) is 2. The first-order chi connectivity index (χ1) is 9.24. The van der Waals surface area contributed by atoms with E-state index in [0.29, 0.717) is 19.0 Å². The number of hydrogen-bond donors (Lipinski definition) is 0. The molecule has 0 spiro atoms. The molecule has 4 nitrogen and oxygen atoms in total. The highest BCUT2D eigenvalue weighted by Crippen LogP contribution is 2.28. The summed E-state index contributed by atoms with van der Waals surface area (Å²) < 4.78 is 2.01. The van der Waals surface area contributed by atoms with E-state index in [1.165, 1.54) is 5.56 Å². The quantitative estimate of drug-likeness (QED) is 0.843. The second-order valence-corrected chi connectivity index (χ2v) is 5.01. The van der Waals surface area contributed by atoms with Gasteiger partial charge in [-0.3, -0.25) is 4.79 Å². The van der Waals surface area contributed by atoms with Gasteiger partial charge in [-0.2, -0.15) is 0 Å². The van der Waals surface area contributed by atoms with Crippen molar-refractivity contribution in [2.24, 2.45) is 0 Å². The van der Waals surface area contributed by atoms with E-state index in [-0.39, 0.29) is 5.91 Å². The Morgan fingerprint density at radius 2 is 2.11 bits per heavy atom. The molecule has 4 heteroatoms. The molecule has 1 aromatic heterocycles. The van der Waals surface area contributed by atoms with E-state index in [9.17, 15) is 4.79 Å². The van der Waals surface area contributed by atoms with Gasteiger partial charge in [-0.25, -0.2) is 4.98 Å². The molecular weight excluding hydrogens is 238 g/mol. The lowest BCUT2D eigenvalue weighted by Crippen LogP contribution is -2.28. The second kappa shape index (κ2) is 4.88. The van der Waals surface area contributed by atoms with Crippen LogP contribution in [0.2, 0.25) is 0 Å². The van der Waals surface area contributed by atoms with Gasteiger partial charge in [0.25, 0.3) is 0 Å². The minimum atomic E-state index is 0.224. The minimum Gasteiger partial charge on any atom is -0.324 e. The van der Waals surface area contributed by atoms with Crippen LogP contribution in [0, 0.1) is 6.92 Å². The van der Waals surface area contributed by atoms with E-state index in [2.05, 4.69) is 17.1 Å². The maximum absolute atomic E-state index is 12.1. The maximum Gasteiger partial charge on any atom is 0.224 e. The van der Waals surface area contributed by atoms with Crippen LogP contribution in [0.3, 0.4) is 0 Å². The molecule has 0 N–H and O–H groups in total. The van der Waals surface area contributed by atoms with Gasteiger partial charge in [-0.1, -0.05) is 30.3 Å². The summed E-state index contributed by atoms with van der Waals surface area (Å²) in [5, 5.41) is 0. The fraction of sp³-hybridized carbons (Fsp3) is 0.333. The summed E-state index contributed by atoms with van der Waals surface area (Å²) in [4.78, 5) is 18.2. The molecule has 98 valence electrons. The van der Waals surface area contributed by atoms with E-state index in [1.807, 2.05) is 40.8 Å². The molecule has 2 aromatic rings. The summed E-state index contributed by atoms with van der Waals surface area (Å²) in [5.74, 6) is 1.48. The van der Waals surface area contributed by atoms with Crippen LogP contribution < -0.4 is 0 Å². The lowest BCUT2D eigenvalue weighted by molar-refractivity contribution is -0.129. The number of carbonyl (C=O) groups is 1. The topological polar surface area (TPSA) is 38.1 Å². The van der Waals surface area contributed by atoms with Crippen molar-refractivity contribution < 1.29 is 4.79 Å². The first-order valence-electron chi connectivity index (χ1n) is 6.54. The van der Waals surface area contributed by atoms with Crippen LogP contribution >= 0.6 is 0 Å². The number of rotatable bonds is 3. The van der Waals surface area contributed by atoms with Crippen molar-refractivity contribution in [2.45, 2.75) is 25.9 Å². The first-order valence-corrected chi connectivity index (χ1v) is 6.54. The smallest absolute Gasteiger partial charge is 0.224 e. The molecule has 3 rings (SSSR count). The fourth-order valence-electron chi connectivity index (χ4n) is 2.59. The molecule has 1 atom stereocenters. The second-order valence-electron chi connectivity index (χ2n) is 5.01. The number of likely N-dealkylation sites (tertiary alicyclic amines) is 1. The summed E-state index contributed by atoms with van der Waals surface area (Å²) in [6.07, 6.45) is 4.29. The Balaban J connectivity index is 1.72. The van der Waals surface area contributed by atoms with E-state index >= 15 is 0 Å². The van der Waals surface area contributed by atoms with Gasteiger partial charge in [0.2, 0.25) is 5.91 Å². The first kappa shape index (κ1) is 12.0. The van der Waals surface area contributed by atoms with E-state index in [4.69, 9.17) is 0 Å². The third-order valence-corrected chi connectivity index (χ3v) is 3.73. The zero-order valence-corrected chi connectivity index (χ0v) is 11.0. The Morgan fingerprint density at radius 1 is 1.32 bits per heavy atom. The van der Waals surface area contributed by atoms with Gasteiger partial charge in [-0.15, -0.1) is 0 Å². The van der Waals surface area contributed by atoms with Crippen LogP contribution in [0.25, 0.3) is 0 Å². The number of imidazole rings is 1. The summed E-state index contributed by atoms with van der Waals surface area (Å²) in [5.41, 5.74) is 1.25. The molecule has 0 bridgehead atoms. The SMILES string of the molecule is Cc1nccn1CN1CC(c2ccccc2)CC1=O. The lowest BCUT2D eigenvalue weighted by atomic mass is 9.99. The van der Waals surface area contributed by atoms with Crippen molar-refractivity contribution in [1.82, 2.24) is 14.5 Å². The van der Waals surface area contributed by atoms with E-state index in [1.54, 1.807) is 6.20 Å². The molecule has 0 radical (unpaired) electrons. The van der Waals surface area contributed by atoms with Crippen molar-refractivity contribution >= 4 is 5.91 Å². The molecule has 0 aliphatic carbocycles. The maximum atomic E-state index is 12.1. The van der Waals surface area contributed by atoms with E-state index in [0.717, 1.165) is 12.4 Å². The van der Waals surface area contributed by atoms with Gasteiger partial charge in [0.15, 0.2) is 0 Å². The third kappa shape index (κ3) is 2.38. The van der Waals surface area contributed by atoms with Crippen molar-refractivity contribution in [1.29, 1.82) is 0 Å². The molecule has 1 aliphatic heterocycles. The Kier molecular flexibility index (Phi) is 3.07. The Bertz CT molecular complexity index is 576. The number of carbonyl (C=O) groups excluding carboxylic acids is 1. The summed E-state index contributed by atoms with van der Waals surface area (Å²) in [7, 11) is 0. The molecule has 0 saturated carbocycles. The molecule has 1 unspecified atom stereocenters. The summed E-state index contributed by atoms with van der Waals surface area (Å²) in [6.45, 7) is 3.35. The highest BCUT2D eigenvalue weighted by molar-refractivity contribution is 5.79. The molecule has 19 heavy (non-hydrogen) atoms. The molecule has 1 amide bonds. The van der Waals surface area contributed by atoms with Crippen molar-refractivity contribution in [3.63, 3.8) is 0 Å². The van der Waals surface area contributed by atoms with Crippen LogP contribution in [0.15, 0.2) is 42.7 Å². The van der Waals surface area contributed by atoms with E-state index < -0.39 is 0 Å². The molecular formula is C15H17N3O. The number of benzene rings is 1. The predicted molar refractivity (Wildman–Crippen MR) is 72.5 cm³/mol. The zero-order valence-electron chi connectivity index (χ0n) is 11.0. The minimum absolute atomic E-state index is 0.224. The monoisotopic (exact) mass is 255 g/mol. The van der Waals surface area contributed by atoms with Crippen LogP contribution in [0.1, 0.15) is 23.7 Å². The predicted octanol–water partition coefficient (Wildman–Crippen LogP) is 2.17. The van der Waals surface area contributed by atoms with Gasteiger partial charge in [0.05, 0.1) is 6.67 Å². The van der Waals surface area contributed by atoms with Gasteiger partial charge < -0.3 is 9.47 Å². The molecule has 1 aliphatic rings. The van der Waals surface area contributed by atoms with Gasteiger partial charge in [-0.05, 0) is 12.5 Å². The van der Waals surface area contributed by atoms with Crippen LogP contribution in [0.5, 0.6) is 0 Å². The third-order valence-electron chi connectivity index (χ3n) is 3.73. The largest absolute Gasteiger partial charge is 0.324 e. The molecule has 1 fully saturated rings. The van der Waals surface area contributed by atoms with Gasteiger partial charge in [0.1, 0.15) is 5.82 Å². The molecule has 1 saturated heterocycles. The number of nitrogens with zero attached hydrogens (tertiary/aromatic N) is 3.